The zero-order valence-corrected chi connectivity index (χ0v) is 13.1. The van der Waals surface area contributed by atoms with Crippen molar-refractivity contribution in [2.45, 2.75) is 26.2 Å². The van der Waals surface area contributed by atoms with Crippen molar-refractivity contribution in [3.05, 3.63) is 34.8 Å². The lowest BCUT2D eigenvalue weighted by molar-refractivity contribution is 0.562. The molecule has 104 valence electrons. The fourth-order valence-corrected chi connectivity index (χ4v) is 2.20. The molecular weight excluding hydrogens is 320 g/mol. The third-order valence-corrected chi connectivity index (χ3v) is 3.66. The first kappa shape index (κ1) is 13.1. The van der Waals surface area contributed by atoms with Gasteiger partial charge in [0.15, 0.2) is 11.6 Å². The van der Waals surface area contributed by atoms with E-state index in [2.05, 4.69) is 51.9 Å². The lowest BCUT2D eigenvalue weighted by atomic mass is 9.92. The van der Waals surface area contributed by atoms with E-state index >= 15 is 0 Å². The summed E-state index contributed by atoms with van der Waals surface area (Å²) in [6.07, 6.45) is 5.32. The van der Waals surface area contributed by atoms with Crippen molar-refractivity contribution in [2.75, 3.05) is 5.73 Å². The van der Waals surface area contributed by atoms with Crippen molar-refractivity contribution in [3.8, 4) is 5.82 Å². The molecule has 3 rings (SSSR count). The molecule has 0 bridgehead atoms. The molecule has 6 nitrogen and oxygen atoms in total. The SMILES string of the molecule is CC(C)(C)c1cc2c(-n3cc(Br)c(N)n3)nccn2n1. The average molecular weight is 335 g/mol. The van der Waals surface area contributed by atoms with Gasteiger partial charge in [0.25, 0.3) is 0 Å². The van der Waals surface area contributed by atoms with E-state index in [0.29, 0.717) is 11.6 Å². The number of nitrogens with zero attached hydrogens (tertiary/aromatic N) is 5. The molecule has 3 aromatic rings. The second-order valence-corrected chi connectivity index (χ2v) is 6.52. The van der Waals surface area contributed by atoms with Gasteiger partial charge in [-0.3, -0.25) is 0 Å². The average Bonchev–Trinajstić information content (AvgIpc) is 2.93. The van der Waals surface area contributed by atoms with Gasteiger partial charge >= 0.3 is 0 Å². The molecule has 0 spiro atoms. The van der Waals surface area contributed by atoms with Gasteiger partial charge in [-0.15, -0.1) is 5.10 Å². The highest BCUT2D eigenvalue weighted by Crippen LogP contribution is 2.25. The smallest absolute Gasteiger partial charge is 0.179 e. The van der Waals surface area contributed by atoms with Gasteiger partial charge in [-0.2, -0.15) is 5.10 Å². The molecule has 0 saturated heterocycles. The predicted molar refractivity (Wildman–Crippen MR) is 80.9 cm³/mol. The summed E-state index contributed by atoms with van der Waals surface area (Å²) < 4.78 is 4.22. The highest BCUT2D eigenvalue weighted by molar-refractivity contribution is 9.10. The van der Waals surface area contributed by atoms with E-state index in [9.17, 15) is 0 Å². The zero-order valence-electron chi connectivity index (χ0n) is 11.5. The Kier molecular flexibility index (Phi) is 2.82. The lowest BCUT2D eigenvalue weighted by Gasteiger charge is -2.13. The minimum Gasteiger partial charge on any atom is -0.381 e. The van der Waals surface area contributed by atoms with Crippen molar-refractivity contribution < 1.29 is 0 Å². The van der Waals surface area contributed by atoms with Crippen LogP contribution in [0.2, 0.25) is 0 Å². The van der Waals surface area contributed by atoms with Crippen LogP contribution < -0.4 is 5.73 Å². The van der Waals surface area contributed by atoms with E-state index in [1.807, 2.05) is 16.8 Å². The van der Waals surface area contributed by atoms with Gasteiger partial charge in [0.1, 0.15) is 5.52 Å². The maximum Gasteiger partial charge on any atom is 0.179 e. The van der Waals surface area contributed by atoms with Gasteiger partial charge in [0.2, 0.25) is 0 Å². The molecule has 3 heterocycles. The molecule has 0 unspecified atom stereocenters. The van der Waals surface area contributed by atoms with E-state index < -0.39 is 0 Å². The molecule has 0 radical (unpaired) electrons. The number of anilines is 1. The Labute approximate surface area is 124 Å². The van der Waals surface area contributed by atoms with Crippen molar-refractivity contribution in [1.82, 2.24) is 24.4 Å². The molecule has 0 fully saturated rings. The van der Waals surface area contributed by atoms with Crippen molar-refractivity contribution in [2.24, 2.45) is 0 Å². The number of hydrogen-bond donors (Lipinski definition) is 1. The van der Waals surface area contributed by atoms with Crippen LogP contribution in [0.3, 0.4) is 0 Å². The highest BCUT2D eigenvalue weighted by atomic mass is 79.9. The van der Waals surface area contributed by atoms with Gasteiger partial charge < -0.3 is 5.73 Å². The minimum atomic E-state index is -0.0208. The molecule has 0 aliphatic rings. The number of halogens is 1. The molecule has 0 atom stereocenters. The molecule has 0 aliphatic heterocycles. The Bertz CT molecular complexity index is 760. The minimum absolute atomic E-state index is 0.0208. The summed E-state index contributed by atoms with van der Waals surface area (Å²) in [6.45, 7) is 6.39. The molecule has 3 aromatic heterocycles. The maximum absolute atomic E-state index is 5.77. The number of nitrogens with two attached hydrogens (primary N) is 1. The Morgan fingerprint density at radius 1 is 1.25 bits per heavy atom. The quantitative estimate of drug-likeness (QED) is 0.742. The maximum atomic E-state index is 5.77. The van der Waals surface area contributed by atoms with Crippen LogP contribution in [0.25, 0.3) is 11.3 Å². The zero-order chi connectivity index (χ0) is 14.5. The van der Waals surface area contributed by atoms with Gasteiger partial charge in [-0.05, 0) is 22.0 Å². The van der Waals surface area contributed by atoms with Crippen LogP contribution in [0.15, 0.2) is 29.1 Å². The predicted octanol–water partition coefficient (Wildman–Crippen LogP) is 2.56. The summed E-state index contributed by atoms with van der Waals surface area (Å²) >= 11 is 3.36. The molecule has 7 heteroatoms. The van der Waals surface area contributed by atoms with Crippen LogP contribution in [-0.2, 0) is 5.41 Å². The fraction of sp³-hybridized carbons (Fsp3) is 0.308. The molecule has 20 heavy (non-hydrogen) atoms. The Morgan fingerprint density at radius 3 is 2.60 bits per heavy atom. The third kappa shape index (κ3) is 2.07. The first-order chi connectivity index (χ1) is 9.36. The van der Waals surface area contributed by atoms with E-state index in [1.54, 1.807) is 17.1 Å². The summed E-state index contributed by atoms with van der Waals surface area (Å²) in [7, 11) is 0. The van der Waals surface area contributed by atoms with Crippen molar-refractivity contribution in [1.29, 1.82) is 0 Å². The summed E-state index contributed by atoms with van der Waals surface area (Å²) in [5.41, 5.74) is 7.65. The second-order valence-electron chi connectivity index (χ2n) is 5.67. The molecule has 2 N–H and O–H groups in total. The third-order valence-electron chi connectivity index (χ3n) is 3.05. The first-order valence-corrected chi connectivity index (χ1v) is 7.01. The summed E-state index contributed by atoms with van der Waals surface area (Å²) in [5, 5.41) is 8.84. The van der Waals surface area contributed by atoms with Crippen LogP contribution in [0.1, 0.15) is 26.5 Å². The van der Waals surface area contributed by atoms with Crippen LogP contribution >= 0.6 is 15.9 Å². The first-order valence-electron chi connectivity index (χ1n) is 6.22. The van der Waals surface area contributed by atoms with Gasteiger partial charge in [-0.1, -0.05) is 20.8 Å². The molecule has 0 amide bonds. The Hall–Kier alpha value is -1.89. The normalized spacial score (nSPS) is 12.2. The van der Waals surface area contributed by atoms with Crippen molar-refractivity contribution >= 4 is 27.3 Å². The monoisotopic (exact) mass is 334 g/mol. The number of rotatable bonds is 1. The topological polar surface area (TPSA) is 74.0 Å². The number of fused-ring (bicyclic) bond motifs is 1. The fourth-order valence-electron chi connectivity index (χ4n) is 1.93. The van der Waals surface area contributed by atoms with E-state index in [1.165, 1.54) is 0 Å². The summed E-state index contributed by atoms with van der Waals surface area (Å²) in [5.74, 6) is 1.14. The Morgan fingerprint density at radius 2 is 2.00 bits per heavy atom. The molecular formula is C13H15BrN6. The van der Waals surface area contributed by atoms with Crippen LogP contribution in [0.5, 0.6) is 0 Å². The highest BCUT2D eigenvalue weighted by Gasteiger charge is 2.20. The van der Waals surface area contributed by atoms with Crippen LogP contribution in [-0.4, -0.2) is 24.4 Å². The molecule has 0 saturated carbocycles. The number of hydrogen-bond acceptors (Lipinski definition) is 4. The van der Waals surface area contributed by atoms with E-state index in [-0.39, 0.29) is 5.41 Å². The van der Waals surface area contributed by atoms with Gasteiger partial charge in [0.05, 0.1) is 10.2 Å². The summed E-state index contributed by atoms with van der Waals surface area (Å²) in [6, 6.07) is 2.04. The lowest BCUT2D eigenvalue weighted by Crippen LogP contribution is -2.11. The van der Waals surface area contributed by atoms with E-state index in [0.717, 1.165) is 15.7 Å². The largest absolute Gasteiger partial charge is 0.381 e. The van der Waals surface area contributed by atoms with Gasteiger partial charge in [-0.25, -0.2) is 14.2 Å². The molecule has 0 aliphatic carbocycles. The van der Waals surface area contributed by atoms with E-state index in [4.69, 9.17) is 5.73 Å². The Balaban J connectivity index is 2.23. The van der Waals surface area contributed by atoms with Crippen molar-refractivity contribution in [3.63, 3.8) is 0 Å². The standard InChI is InChI=1S/C13H15BrN6/c1-13(2,3)10-6-9-12(16-4-5-19(9)17-10)20-7-8(14)11(15)18-20/h4-7H,1-3H3,(H2,15,18). The second kappa shape index (κ2) is 4.31. The van der Waals surface area contributed by atoms with Crippen LogP contribution in [0, 0.1) is 0 Å². The van der Waals surface area contributed by atoms with Crippen LogP contribution in [0.4, 0.5) is 5.82 Å². The van der Waals surface area contributed by atoms with Gasteiger partial charge in [0, 0.05) is 24.0 Å². The summed E-state index contributed by atoms with van der Waals surface area (Å²) in [4.78, 5) is 4.39. The number of nitrogen functional groups attached to an aromatic ring is 1. The molecule has 0 aromatic carbocycles. The number of aromatic nitrogens is 5.